The summed E-state index contributed by atoms with van der Waals surface area (Å²) in [7, 11) is 0. The topological polar surface area (TPSA) is 59.1 Å². The summed E-state index contributed by atoms with van der Waals surface area (Å²) in [6.45, 7) is 3.81. The number of pyridine rings is 1. The average molecular weight is 367 g/mol. The van der Waals surface area contributed by atoms with Crippen LogP contribution in [0, 0.1) is 0 Å². The molecule has 0 atom stereocenters. The highest BCUT2D eigenvalue weighted by atomic mass is 35.5. The first-order valence-corrected chi connectivity index (χ1v) is 8.69. The van der Waals surface area contributed by atoms with Crippen molar-refractivity contribution in [1.82, 2.24) is 4.98 Å². The van der Waals surface area contributed by atoms with Crippen molar-refractivity contribution in [3.8, 4) is 0 Å². The number of aromatic nitrogens is 1. The number of carbonyl (C=O) groups excluding carboxylic acids is 2. The second-order valence-corrected chi connectivity index (χ2v) is 7.20. The minimum atomic E-state index is -0.638. The predicted octanol–water partition coefficient (Wildman–Crippen LogP) is 4.76. The zero-order valence-electron chi connectivity index (χ0n) is 14.6. The molecular formula is C21H19ClN2O2. The van der Waals surface area contributed by atoms with E-state index in [0.29, 0.717) is 10.7 Å². The third kappa shape index (κ3) is 3.75. The van der Waals surface area contributed by atoms with Gasteiger partial charge in [0.05, 0.1) is 11.2 Å². The van der Waals surface area contributed by atoms with E-state index >= 15 is 0 Å². The fraction of sp³-hybridized carbons (Fsp3) is 0.190. The molecule has 0 fully saturated rings. The van der Waals surface area contributed by atoms with Gasteiger partial charge in [0.25, 0.3) is 5.91 Å². The van der Waals surface area contributed by atoms with E-state index < -0.39 is 17.1 Å². The Labute approximate surface area is 157 Å². The third-order valence-corrected chi connectivity index (χ3v) is 4.68. The summed E-state index contributed by atoms with van der Waals surface area (Å²) in [6.07, 6.45) is 1.75. The fourth-order valence-electron chi connectivity index (χ4n) is 2.99. The molecule has 0 aliphatic rings. The van der Waals surface area contributed by atoms with Crippen LogP contribution in [0.5, 0.6) is 0 Å². The van der Waals surface area contributed by atoms with Crippen molar-refractivity contribution in [2.24, 2.45) is 0 Å². The van der Waals surface area contributed by atoms with Crippen LogP contribution in [-0.2, 0) is 15.0 Å². The van der Waals surface area contributed by atoms with Crippen molar-refractivity contribution < 1.29 is 9.59 Å². The molecule has 0 radical (unpaired) electrons. The average Bonchev–Trinajstić information content (AvgIpc) is 2.62. The minimum Gasteiger partial charge on any atom is -0.319 e. The van der Waals surface area contributed by atoms with Crippen LogP contribution in [0.3, 0.4) is 0 Å². The lowest BCUT2D eigenvalue weighted by Crippen LogP contribution is -2.30. The smallest absolute Gasteiger partial charge is 0.291 e. The van der Waals surface area contributed by atoms with Gasteiger partial charge in [-0.05, 0) is 41.3 Å². The summed E-state index contributed by atoms with van der Waals surface area (Å²) in [4.78, 5) is 29.2. The monoisotopic (exact) mass is 366 g/mol. The van der Waals surface area contributed by atoms with Crippen LogP contribution in [0.4, 0.5) is 5.69 Å². The number of hydrogen-bond acceptors (Lipinski definition) is 3. The van der Waals surface area contributed by atoms with E-state index in [1.807, 2.05) is 44.2 Å². The Bertz CT molecular complexity index is 977. The quantitative estimate of drug-likeness (QED) is 0.662. The molecule has 0 saturated heterocycles. The molecule has 0 unspecified atom stereocenters. The van der Waals surface area contributed by atoms with Gasteiger partial charge in [-0.15, -0.1) is 0 Å². The van der Waals surface area contributed by atoms with E-state index in [2.05, 4.69) is 10.3 Å². The summed E-state index contributed by atoms with van der Waals surface area (Å²) in [5.74, 6) is -1.13. The van der Waals surface area contributed by atoms with E-state index in [1.54, 1.807) is 30.5 Å². The molecule has 1 aromatic heterocycles. The Hall–Kier alpha value is -2.72. The number of nitrogens with one attached hydrogen (secondary N) is 1. The van der Waals surface area contributed by atoms with Crippen LogP contribution >= 0.6 is 11.6 Å². The Morgan fingerprint density at radius 1 is 1.04 bits per heavy atom. The largest absolute Gasteiger partial charge is 0.319 e. The van der Waals surface area contributed by atoms with Gasteiger partial charge in [-0.1, -0.05) is 49.7 Å². The first-order valence-electron chi connectivity index (χ1n) is 8.31. The molecule has 1 N–H and O–H groups in total. The van der Waals surface area contributed by atoms with Gasteiger partial charge < -0.3 is 5.32 Å². The minimum absolute atomic E-state index is 0.0611. The maximum Gasteiger partial charge on any atom is 0.291 e. The van der Waals surface area contributed by atoms with Gasteiger partial charge in [0.1, 0.15) is 0 Å². The lowest BCUT2D eigenvalue weighted by molar-refractivity contribution is -0.135. The van der Waals surface area contributed by atoms with Crippen molar-refractivity contribution >= 4 is 39.9 Å². The molecule has 0 aliphatic carbocycles. The summed E-state index contributed by atoms with van der Waals surface area (Å²) in [6, 6.07) is 16.4. The maximum atomic E-state index is 12.5. The van der Waals surface area contributed by atoms with Gasteiger partial charge in [-0.25, -0.2) is 0 Å². The van der Waals surface area contributed by atoms with E-state index in [4.69, 9.17) is 11.6 Å². The molecule has 26 heavy (non-hydrogen) atoms. The number of fused-ring (bicyclic) bond motifs is 1. The van der Waals surface area contributed by atoms with Crippen molar-refractivity contribution in [3.63, 3.8) is 0 Å². The number of rotatable bonds is 5. The number of ketones is 1. The van der Waals surface area contributed by atoms with Gasteiger partial charge in [-0.2, -0.15) is 0 Å². The van der Waals surface area contributed by atoms with Crippen molar-refractivity contribution in [1.29, 1.82) is 0 Å². The van der Waals surface area contributed by atoms with Gasteiger partial charge in [0.2, 0.25) is 5.78 Å². The normalized spacial score (nSPS) is 11.3. The molecule has 2 aromatic carbocycles. The highest BCUT2D eigenvalue weighted by Crippen LogP contribution is 2.33. The summed E-state index contributed by atoms with van der Waals surface area (Å²) in [5, 5.41) is 4.09. The number of nitrogens with zero attached hydrogens (tertiary/aromatic N) is 1. The number of hydrogen-bond donors (Lipinski definition) is 1. The second kappa shape index (κ2) is 7.26. The number of halogens is 1. The maximum absolute atomic E-state index is 12.5. The van der Waals surface area contributed by atoms with E-state index in [9.17, 15) is 9.59 Å². The molecule has 3 rings (SSSR count). The SMILES string of the molecule is CC(C)(CC(=O)C(=O)Nc1cccc2ncccc12)c1ccccc1Cl. The fourth-order valence-corrected chi connectivity index (χ4v) is 3.38. The van der Waals surface area contributed by atoms with Gasteiger partial charge in [0.15, 0.2) is 0 Å². The highest BCUT2D eigenvalue weighted by molar-refractivity contribution is 6.41. The molecule has 0 bridgehead atoms. The van der Waals surface area contributed by atoms with E-state index in [1.165, 1.54) is 0 Å². The number of amides is 1. The third-order valence-electron chi connectivity index (χ3n) is 4.35. The Morgan fingerprint density at radius 3 is 2.58 bits per heavy atom. The molecule has 0 spiro atoms. The first-order chi connectivity index (χ1) is 12.4. The van der Waals surface area contributed by atoms with Gasteiger partial charge in [-0.3, -0.25) is 14.6 Å². The lowest BCUT2D eigenvalue weighted by Gasteiger charge is -2.25. The van der Waals surface area contributed by atoms with Crippen LogP contribution in [-0.4, -0.2) is 16.7 Å². The molecular weight excluding hydrogens is 348 g/mol. The zero-order valence-corrected chi connectivity index (χ0v) is 15.4. The van der Waals surface area contributed by atoms with Crippen LogP contribution < -0.4 is 5.32 Å². The molecule has 5 heteroatoms. The molecule has 1 heterocycles. The number of carbonyl (C=O) groups is 2. The molecule has 3 aromatic rings. The number of Topliss-reactive ketones (excluding diaryl/α,β-unsaturated/α-hetero) is 1. The Morgan fingerprint density at radius 2 is 1.81 bits per heavy atom. The lowest BCUT2D eigenvalue weighted by atomic mass is 9.80. The van der Waals surface area contributed by atoms with Gasteiger partial charge in [0, 0.05) is 23.0 Å². The van der Waals surface area contributed by atoms with Crippen LogP contribution in [0.1, 0.15) is 25.8 Å². The van der Waals surface area contributed by atoms with Crippen molar-refractivity contribution in [2.75, 3.05) is 5.32 Å². The highest BCUT2D eigenvalue weighted by Gasteiger charge is 2.29. The summed E-state index contributed by atoms with van der Waals surface area (Å²) < 4.78 is 0. The number of anilines is 1. The van der Waals surface area contributed by atoms with Gasteiger partial charge >= 0.3 is 0 Å². The van der Waals surface area contributed by atoms with E-state index in [-0.39, 0.29) is 6.42 Å². The van der Waals surface area contributed by atoms with Crippen molar-refractivity contribution in [2.45, 2.75) is 25.7 Å². The molecule has 1 amide bonds. The summed E-state index contributed by atoms with van der Waals surface area (Å²) >= 11 is 6.25. The van der Waals surface area contributed by atoms with Crippen LogP contribution in [0.15, 0.2) is 60.8 Å². The summed E-state index contributed by atoms with van der Waals surface area (Å²) in [5.41, 5.74) is 1.63. The molecule has 132 valence electrons. The molecule has 4 nitrogen and oxygen atoms in total. The molecule has 0 saturated carbocycles. The first kappa shape index (κ1) is 18.1. The Kier molecular flexibility index (Phi) is 5.05. The standard InChI is InChI=1S/C21H19ClN2O2/c1-21(2,15-8-3-4-9-16(15)22)13-19(25)20(26)24-18-11-5-10-17-14(18)7-6-12-23-17/h3-12H,13H2,1-2H3,(H,24,26). The van der Waals surface area contributed by atoms with Crippen LogP contribution in [0.25, 0.3) is 10.9 Å². The zero-order chi connectivity index (χ0) is 18.7. The van der Waals surface area contributed by atoms with E-state index in [0.717, 1.165) is 16.5 Å². The van der Waals surface area contributed by atoms with Crippen LogP contribution in [0.2, 0.25) is 5.02 Å². The Balaban J connectivity index is 1.78. The van der Waals surface area contributed by atoms with Crippen molar-refractivity contribution in [3.05, 3.63) is 71.4 Å². The molecule has 0 aliphatic heterocycles. The second-order valence-electron chi connectivity index (χ2n) is 6.79. The predicted molar refractivity (Wildman–Crippen MR) is 104 cm³/mol. The number of benzene rings is 2.